The van der Waals surface area contributed by atoms with Gasteiger partial charge < -0.3 is 16.0 Å². The topological polar surface area (TPSA) is 163 Å². The third-order valence-electron chi connectivity index (χ3n) is 6.96. The SMILES string of the molecule is CCN(CC(=O)NN1C(=O)NC2(CCC(C)CC2)C1=O)c1c(N)n(Cc2ccccc2)c(=O)[nH]c1=O. The molecule has 12 heteroatoms. The van der Waals surface area contributed by atoms with E-state index in [1.54, 1.807) is 6.92 Å². The van der Waals surface area contributed by atoms with Gasteiger partial charge in [-0.05, 0) is 44.1 Å². The zero-order valence-electron chi connectivity index (χ0n) is 20.4. The second-order valence-corrected chi connectivity index (χ2v) is 9.45. The van der Waals surface area contributed by atoms with Crippen molar-refractivity contribution in [2.45, 2.75) is 51.6 Å². The molecule has 1 aromatic carbocycles. The van der Waals surface area contributed by atoms with Crippen LogP contribution in [0.15, 0.2) is 39.9 Å². The second-order valence-electron chi connectivity index (χ2n) is 9.45. The van der Waals surface area contributed by atoms with Crippen molar-refractivity contribution in [3.05, 3.63) is 56.7 Å². The zero-order valence-corrected chi connectivity index (χ0v) is 20.4. The Hall–Kier alpha value is -4.09. The number of urea groups is 1. The molecule has 1 saturated heterocycles. The second kappa shape index (κ2) is 9.88. The molecule has 2 heterocycles. The Bertz CT molecular complexity index is 1280. The van der Waals surface area contributed by atoms with Gasteiger partial charge in [0.1, 0.15) is 17.0 Å². The van der Waals surface area contributed by atoms with Crippen LogP contribution in [0.2, 0.25) is 0 Å². The van der Waals surface area contributed by atoms with E-state index in [0.29, 0.717) is 18.8 Å². The maximum absolute atomic E-state index is 13.0. The molecule has 1 aliphatic carbocycles. The van der Waals surface area contributed by atoms with Crippen molar-refractivity contribution in [2.24, 2.45) is 5.92 Å². The Labute approximate surface area is 207 Å². The first-order chi connectivity index (χ1) is 17.1. The molecule has 192 valence electrons. The van der Waals surface area contributed by atoms with Crippen LogP contribution in [0, 0.1) is 5.92 Å². The van der Waals surface area contributed by atoms with Gasteiger partial charge in [0.2, 0.25) is 0 Å². The van der Waals surface area contributed by atoms with Crippen molar-refractivity contribution in [1.82, 2.24) is 25.3 Å². The highest BCUT2D eigenvalue weighted by molar-refractivity contribution is 6.08. The van der Waals surface area contributed by atoms with Gasteiger partial charge >= 0.3 is 11.7 Å². The molecule has 2 aliphatic rings. The minimum atomic E-state index is -0.990. The standard InChI is InChI=1S/C24H31N7O5/c1-3-29(18-19(25)30(22(35)26-20(18)33)13-16-7-5-4-6-8-16)14-17(32)28-31-21(34)24(27-23(31)36)11-9-15(2)10-12-24/h4-8,15H,3,9-14,25H2,1-2H3,(H,27,36)(H,28,32)(H,26,33,35). The molecular weight excluding hydrogens is 466 g/mol. The van der Waals surface area contributed by atoms with Crippen LogP contribution in [0.1, 0.15) is 45.1 Å². The number of amides is 4. The van der Waals surface area contributed by atoms with Crippen molar-refractivity contribution < 1.29 is 14.4 Å². The first-order valence-electron chi connectivity index (χ1n) is 12.0. The molecule has 0 bridgehead atoms. The van der Waals surface area contributed by atoms with Crippen LogP contribution in [0.25, 0.3) is 0 Å². The Kier molecular flexibility index (Phi) is 6.86. The molecule has 4 rings (SSSR count). The lowest BCUT2D eigenvalue weighted by atomic mass is 9.77. The third-order valence-corrected chi connectivity index (χ3v) is 6.96. The Morgan fingerprint density at radius 3 is 2.47 bits per heavy atom. The molecule has 0 unspecified atom stereocenters. The first-order valence-corrected chi connectivity index (χ1v) is 12.0. The summed E-state index contributed by atoms with van der Waals surface area (Å²) in [5, 5.41) is 3.46. The van der Waals surface area contributed by atoms with Gasteiger partial charge in [-0.15, -0.1) is 0 Å². The fourth-order valence-corrected chi connectivity index (χ4v) is 4.80. The van der Waals surface area contributed by atoms with E-state index in [1.807, 2.05) is 30.3 Å². The number of nitrogens with zero attached hydrogens (tertiary/aromatic N) is 3. The molecule has 0 radical (unpaired) electrons. The summed E-state index contributed by atoms with van der Waals surface area (Å²) in [5.41, 5.74) is 6.97. The van der Waals surface area contributed by atoms with Gasteiger partial charge in [-0.3, -0.25) is 29.4 Å². The molecule has 2 aromatic rings. The van der Waals surface area contributed by atoms with E-state index in [2.05, 4.69) is 22.7 Å². The average Bonchev–Trinajstić information content (AvgIpc) is 3.07. The first kappa shape index (κ1) is 25.0. The summed E-state index contributed by atoms with van der Waals surface area (Å²) >= 11 is 0. The average molecular weight is 498 g/mol. The maximum atomic E-state index is 13.0. The summed E-state index contributed by atoms with van der Waals surface area (Å²) in [4.78, 5) is 67.2. The number of carbonyl (C=O) groups excluding carboxylic acids is 3. The van der Waals surface area contributed by atoms with Crippen molar-refractivity contribution in [3.63, 3.8) is 0 Å². The van der Waals surface area contributed by atoms with Gasteiger partial charge in [0.25, 0.3) is 17.4 Å². The number of benzene rings is 1. The Morgan fingerprint density at radius 2 is 1.83 bits per heavy atom. The molecule has 4 amide bonds. The van der Waals surface area contributed by atoms with Crippen LogP contribution in [-0.4, -0.2) is 51.0 Å². The molecule has 1 saturated carbocycles. The normalized spacial score (nSPS) is 21.5. The van der Waals surface area contributed by atoms with E-state index >= 15 is 0 Å². The third kappa shape index (κ3) is 4.70. The largest absolute Gasteiger partial charge is 0.383 e. The number of nitrogens with two attached hydrogens (primary N) is 1. The van der Waals surface area contributed by atoms with Gasteiger partial charge in [0, 0.05) is 6.54 Å². The highest BCUT2D eigenvalue weighted by Crippen LogP contribution is 2.35. The van der Waals surface area contributed by atoms with E-state index in [-0.39, 0.29) is 31.1 Å². The number of hydrazine groups is 1. The van der Waals surface area contributed by atoms with Crippen LogP contribution in [0.4, 0.5) is 16.3 Å². The fraction of sp³-hybridized carbons (Fsp3) is 0.458. The number of aromatic nitrogens is 2. The molecule has 0 atom stereocenters. The number of imide groups is 1. The summed E-state index contributed by atoms with van der Waals surface area (Å²) in [6.07, 6.45) is 2.64. The van der Waals surface area contributed by atoms with Crippen LogP contribution >= 0.6 is 0 Å². The predicted molar refractivity (Wildman–Crippen MR) is 133 cm³/mol. The number of anilines is 2. The number of carbonyl (C=O) groups is 3. The number of hydrogen-bond donors (Lipinski definition) is 4. The number of aromatic amines is 1. The summed E-state index contributed by atoms with van der Waals surface area (Å²) in [7, 11) is 0. The molecule has 1 aliphatic heterocycles. The monoisotopic (exact) mass is 497 g/mol. The number of likely N-dealkylation sites (N-methyl/N-ethyl adjacent to an activating group) is 1. The van der Waals surface area contributed by atoms with Gasteiger partial charge in [-0.1, -0.05) is 37.3 Å². The van der Waals surface area contributed by atoms with Crippen molar-refractivity contribution >= 4 is 29.4 Å². The van der Waals surface area contributed by atoms with E-state index in [0.717, 1.165) is 23.4 Å². The van der Waals surface area contributed by atoms with Crippen LogP contribution in [-0.2, 0) is 16.1 Å². The number of hydrogen-bond acceptors (Lipinski definition) is 7. The number of H-pyrrole nitrogens is 1. The summed E-state index contributed by atoms with van der Waals surface area (Å²) in [6.45, 7) is 3.77. The van der Waals surface area contributed by atoms with Crippen LogP contribution < -0.4 is 32.6 Å². The lowest BCUT2D eigenvalue weighted by Gasteiger charge is -2.33. The predicted octanol–water partition coefficient (Wildman–Crippen LogP) is 0.525. The van der Waals surface area contributed by atoms with Crippen molar-refractivity contribution in [1.29, 1.82) is 0 Å². The fourth-order valence-electron chi connectivity index (χ4n) is 4.80. The van der Waals surface area contributed by atoms with Gasteiger partial charge in [0.05, 0.1) is 13.1 Å². The van der Waals surface area contributed by atoms with E-state index < -0.39 is 34.6 Å². The molecule has 1 spiro atoms. The lowest BCUT2D eigenvalue weighted by molar-refractivity contribution is -0.139. The van der Waals surface area contributed by atoms with Gasteiger partial charge in [-0.25, -0.2) is 9.59 Å². The quantitative estimate of drug-likeness (QED) is 0.405. The van der Waals surface area contributed by atoms with Crippen molar-refractivity contribution in [3.8, 4) is 0 Å². The number of nitrogens with one attached hydrogen (secondary N) is 3. The van der Waals surface area contributed by atoms with Crippen molar-refractivity contribution in [2.75, 3.05) is 23.7 Å². The van der Waals surface area contributed by atoms with Crippen LogP contribution in [0.5, 0.6) is 0 Å². The van der Waals surface area contributed by atoms with E-state index in [9.17, 15) is 24.0 Å². The Balaban J connectivity index is 1.52. The van der Waals surface area contributed by atoms with Crippen LogP contribution in [0.3, 0.4) is 0 Å². The minimum Gasteiger partial charge on any atom is -0.383 e. The molecule has 1 aromatic heterocycles. The maximum Gasteiger partial charge on any atom is 0.344 e. The molecular formula is C24H31N7O5. The summed E-state index contributed by atoms with van der Waals surface area (Å²) < 4.78 is 1.22. The zero-order chi connectivity index (χ0) is 26.0. The molecule has 12 nitrogen and oxygen atoms in total. The van der Waals surface area contributed by atoms with Gasteiger partial charge in [-0.2, -0.15) is 5.01 Å². The van der Waals surface area contributed by atoms with E-state index in [1.165, 1.54) is 9.47 Å². The van der Waals surface area contributed by atoms with E-state index in [4.69, 9.17) is 5.73 Å². The molecule has 5 N–H and O–H groups in total. The summed E-state index contributed by atoms with van der Waals surface area (Å²) in [6, 6.07) is 8.44. The highest BCUT2D eigenvalue weighted by Gasteiger charge is 2.52. The smallest absolute Gasteiger partial charge is 0.344 e. The number of rotatable bonds is 7. The van der Waals surface area contributed by atoms with Gasteiger partial charge in [0.15, 0.2) is 0 Å². The highest BCUT2D eigenvalue weighted by atomic mass is 16.2. The lowest BCUT2D eigenvalue weighted by Crippen LogP contribution is -2.53. The minimum absolute atomic E-state index is 0.0434. The number of nitrogen functional groups attached to an aromatic ring is 1. The Morgan fingerprint density at radius 1 is 1.17 bits per heavy atom. The molecule has 2 fully saturated rings. The molecule has 36 heavy (non-hydrogen) atoms. The summed E-state index contributed by atoms with van der Waals surface area (Å²) in [5.74, 6) is -0.783.